The minimum atomic E-state index is 0.441. The Labute approximate surface area is 132 Å². The molecule has 0 radical (unpaired) electrons. The van der Waals surface area contributed by atoms with E-state index in [1.807, 2.05) is 30.3 Å². The summed E-state index contributed by atoms with van der Waals surface area (Å²) in [5.41, 5.74) is 9.36. The SMILES string of the molecule is CCc1cccc(NC(N)=NCCc2cccc(OC)c2)c1. The Bertz CT molecular complexity index is 638. The number of guanidine groups is 1. The van der Waals surface area contributed by atoms with Crippen LogP contribution in [-0.4, -0.2) is 19.6 Å². The molecule has 2 aromatic rings. The van der Waals surface area contributed by atoms with Crippen molar-refractivity contribution in [3.63, 3.8) is 0 Å². The summed E-state index contributed by atoms with van der Waals surface area (Å²) in [4.78, 5) is 4.37. The third-order valence-corrected chi connectivity index (χ3v) is 3.42. The molecule has 4 nitrogen and oxygen atoms in total. The van der Waals surface area contributed by atoms with E-state index in [4.69, 9.17) is 10.5 Å². The summed E-state index contributed by atoms with van der Waals surface area (Å²) < 4.78 is 5.21. The molecule has 22 heavy (non-hydrogen) atoms. The zero-order valence-corrected chi connectivity index (χ0v) is 13.2. The first kappa shape index (κ1) is 15.9. The second-order valence-corrected chi connectivity index (χ2v) is 5.05. The third kappa shape index (κ3) is 4.81. The van der Waals surface area contributed by atoms with Gasteiger partial charge in [0.15, 0.2) is 5.96 Å². The second kappa shape index (κ2) is 8.08. The minimum absolute atomic E-state index is 0.441. The lowest BCUT2D eigenvalue weighted by atomic mass is 10.1. The van der Waals surface area contributed by atoms with Crippen LogP contribution in [-0.2, 0) is 12.8 Å². The second-order valence-electron chi connectivity index (χ2n) is 5.05. The highest BCUT2D eigenvalue weighted by Gasteiger charge is 1.98. The van der Waals surface area contributed by atoms with E-state index in [1.165, 1.54) is 11.1 Å². The van der Waals surface area contributed by atoms with E-state index in [-0.39, 0.29) is 0 Å². The summed E-state index contributed by atoms with van der Waals surface area (Å²) in [6.07, 6.45) is 1.83. The van der Waals surface area contributed by atoms with Gasteiger partial charge in [-0.25, -0.2) is 0 Å². The van der Waals surface area contributed by atoms with Gasteiger partial charge in [-0.1, -0.05) is 31.2 Å². The Balaban J connectivity index is 1.89. The molecule has 0 aliphatic heterocycles. The number of anilines is 1. The lowest BCUT2D eigenvalue weighted by molar-refractivity contribution is 0.414. The van der Waals surface area contributed by atoms with Gasteiger partial charge in [0.25, 0.3) is 0 Å². The number of nitrogens with one attached hydrogen (secondary N) is 1. The molecule has 116 valence electrons. The summed E-state index contributed by atoms with van der Waals surface area (Å²) in [5, 5.41) is 3.13. The molecule has 0 aliphatic rings. The van der Waals surface area contributed by atoms with Crippen LogP contribution in [0.1, 0.15) is 18.1 Å². The molecular formula is C18H23N3O. The predicted molar refractivity (Wildman–Crippen MR) is 92.6 cm³/mol. The van der Waals surface area contributed by atoms with Crippen LogP contribution in [0.3, 0.4) is 0 Å². The van der Waals surface area contributed by atoms with Gasteiger partial charge in [0, 0.05) is 12.2 Å². The van der Waals surface area contributed by atoms with Crippen LogP contribution >= 0.6 is 0 Å². The van der Waals surface area contributed by atoms with Crippen molar-refractivity contribution in [2.75, 3.05) is 19.0 Å². The number of aliphatic imine (C=N–C) groups is 1. The number of ether oxygens (including phenoxy) is 1. The van der Waals surface area contributed by atoms with Crippen molar-refractivity contribution in [1.82, 2.24) is 0 Å². The van der Waals surface area contributed by atoms with Gasteiger partial charge in [0.05, 0.1) is 7.11 Å². The molecular weight excluding hydrogens is 274 g/mol. The summed E-state index contributed by atoms with van der Waals surface area (Å²) >= 11 is 0. The van der Waals surface area contributed by atoms with Gasteiger partial charge in [0.1, 0.15) is 5.75 Å². The Kier molecular flexibility index (Phi) is 5.83. The normalized spacial score (nSPS) is 11.3. The van der Waals surface area contributed by atoms with Crippen LogP contribution in [0.15, 0.2) is 53.5 Å². The highest BCUT2D eigenvalue weighted by Crippen LogP contribution is 2.13. The van der Waals surface area contributed by atoms with Gasteiger partial charge in [0.2, 0.25) is 0 Å². The molecule has 0 aromatic heterocycles. The molecule has 2 rings (SSSR count). The number of aryl methyl sites for hydroxylation is 1. The average Bonchev–Trinajstić information content (AvgIpc) is 2.55. The predicted octanol–water partition coefficient (Wildman–Crippen LogP) is 3.23. The van der Waals surface area contributed by atoms with Crippen LogP contribution in [0.2, 0.25) is 0 Å². The zero-order valence-electron chi connectivity index (χ0n) is 13.2. The number of rotatable bonds is 6. The van der Waals surface area contributed by atoms with Crippen molar-refractivity contribution in [1.29, 1.82) is 0 Å². The zero-order chi connectivity index (χ0) is 15.8. The van der Waals surface area contributed by atoms with Crippen LogP contribution in [0.4, 0.5) is 5.69 Å². The molecule has 0 unspecified atom stereocenters. The fraction of sp³-hybridized carbons (Fsp3) is 0.278. The number of benzene rings is 2. The Morgan fingerprint density at radius 3 is 2.68 bits per heavy atom. The number of nitrogens with two attached hydrogens (primary N) is 1. The van der Waals surface area contributed by atoms with E-state index in [1.54, 1.807) is 7.11 Å². The maximum atomic E-state index is 5.93. The fourth-order valence-electron chi connectivity index (χ4n) is 2.19. The average molecular weight is 297 g/mol. The number of methoxy groups -OCH3 is 1. The maximum absolute atomic E-state index is 5.93. The highest BCUT2D eigenvalue weighted by molar-refractivity contribution is 5.92. The molecule has 0 spiro atoms. The molecule has 0 bridgehead atoms. The Morgan fingerprint density at radius 1 is 1.14 bits per heavy atom. The topological polar surface area (TPSA) is 59.6 Å². The van der Waals surface area contributed by atoms with Gasteiger partial charge >= 0.3 is 0 Å². The lowest BCUT2D eigenvalue weighted by Gasteiger charge is -2.07. The molecule has 0 atom stereocenters. The van der Waals surface area contributed by atoms with Crippen molar-refractivity contribution < 1.29 is 4.74 Å². The molecule has 4 heteroatoms. The van der Waals surface area contributed by atoms with E-state index in [9.17, 15) is 0 Å². The summed E-state index contributed by atoms with van der Waals surface area (Å²) in [7, 11) is 1.67. The van der Waals surface area contributed by atoms with Crippen LogP contribution in [0.5, 0.6) is 5.75 Å². The number of hydrogen-bond donors (Lipinski definition) is 2. The van der Waals surface area contributed by atoms with Crippen molar-refractivity contribution in [2.24, 2.45) is 10.7 Å². The Hall–Kier alpha value is -2.49. The van der Waals surface area contributed by atoms with Crippen LogP contribution in [0.25, 0.3) is 0 Å². The first-order chi connectivity index (χ1) is 10.7. The van der Waals surface area contributed by atoms with Crippen molar-refractivity contribution in [3.05, 3.63) is 59.7 Å². The van der Waals surface area contributed by atoms with Gasteiger partial charge < -0.3 is 15.8 Å². The lowest BCUT2D eigenvalue weighted by Crippen LogP contribution is -2.23. The van der Waals surface area contributed by atoms with E-state index in [2.05, 4.69) is 35.4 Å². The van der Waals surface area contributed by atoms with Crippen LogP contribution in [0, 0.1) is 0 Å². The van der Waals surface area contributed by atoms with Gasteiger partial charge in [-0.3, -0.25) is 4.99 Å². The monoisotopic (exact) mass is 297 g/mol. The quantitative estimate of drug-likeness (QED) is 0.635. The van der Waals surface area contributed by atoms with E-state index in [0.717, 1.165) is 24.3 Å². The third-order valence-electron chi connectivity index (χ3n) is 3.42. The molecule has 0 amide bonds. The molecule has 0 heterocycles. The van der Waals surface area contributed by atoms with Crippen LogP contribution < -0.4 is 15.8 Å². The molecule has 0 saturated carbocycles. The van der Waals surface area contributed by atoms with Gasteiger partial charge in [-0.2, -0.15) is 0 Å². The molecule has 0 fully saturated rings. The highest BCUT2D eigenvalue weighted by atomic mass is 16.5. The first-order valence-electron chi connectivity index (χ1n) is 7.50. The number of nitrogens with zero attached hydrogens (tertiary/aromatic N) is 1. The summed E-state index contributed by atoms with van der Waals surface area (Å²) in [5.74, 6) is 1.31. The first-order valence-corrected chi connectivity index (χ1v) is 7.50. The van der Waals surface area contributed by atoms with E-state index in [0.29, 0.717) is 12.5 Å². The minimum Gasteiger partial charge on any atom is -0.497 e. The van der Waals surface area contributed by atoms with E-state index < -0.39 is 0 Å². The van der Waals surface area contributed by atoms with Gasteiger partial charge in [-0.15, -0.1) is 0 Å². The fourth-order valence-corrected chi connectivity index (χ4v) is 2.19. The summed E-state index contributed by atoms with van der Waals surface area (Å²) in [6.45, 7) is 2.77. The smallest absolute Gasteiger partial charge is 0.193 e. The largest absolute Gasteiger partial charge is 0.497 e. The van der Waals surface area contributed by atoms with E-state index >= 15 is 0 Å². The van der Waals surface area contributed by atoms with Crippen molar-refractivity contribution in [3.8, 4) is 5.75 Å². The van der Waals surface area contributed by atoms with Crippen molar-refractivity contribution in [2.45, 2.75) is 19.8 Å². The summed E-state index contributed by atoms with van der Waals surface area (Å²) in [6, 6.07) is 16.2. The molecule has 2 aromatic carbocycles. The number of hydrogen-bond acceptors (Lipinski definition) is 2. The van der Waals surface area contributed by atoms with Gasteiger partial charge in [-0.05, 0) is 48.2 Å². The molecule has 3 N–H and O–H groups in total. The maximum Gasteiger partial charge on any atom is 0.193 e. The van der Waals surface area contributed by atoms with Crippen molar-refractivity contribution >= 4 is 11.6 Å². The molecule has 0 aliphatic carbocycles. The standard InChI is InChI=1S/C18H23N3O/c1-3-14-6-4-8-16(12-14)21-18(19)20-11-10-15-7-5-9-17(13-15)22-2/h4-9,12-13H,3,10-11H2,1-2H3,(H3,19,20,21). The molecule has 0 saturated heterocycles. The Morgan fingerprint density at radius 2 is 1.91 bits per heavy atom.